The van der Waals surface area contributed by atoms with Crippen molar-refractivity contribution in [3.63, 3.8) is 0 Å². The minimum Gasteiger partial charge on any atom is -0.380 e. The molecule has 3 heteroatoms. The smallest absolute Gasteiger partial charge is 0.0724 e. The molecule has 1 saturated carbocycles. The molecule has 2 unspecified atom stereocenters. The van der Waals surface area contributed by atoms with E-state index in [4.69, 9.17) is 4.74 Å². The second-order valence-corrected chi connectivity index (χ2v) is 4.50. The summed E-state index contributed by atoms with van der Waals surface area (Å²) in [6.07, 6.45) is 6.00. The number of aromatic nitrogens is 1. The van der Waals surface area contributed by atoms with Crippen LogP contribution in [0.25, 0.3) is 0 Å². The molecular formula is C13H20N2O. The number of aryl methyl sites for hydroxylation is 1. The second kappa shape index (κ2) is 5.41. The molecule has 1 aliphatic rings. The normalized spacial score (nSPS) is 24.9. The highest BCUT2D eigenvalue weighted by molar-refractivity contribution is 5.13. The highest BCUT2D eigenvalue weighted by Crippen LogP contribution is 2.21. The van der Waals surface area contributed by atoms with Crippen molar-refractivity contribution >= 4 is 0 Å². The monoisotopic (exact) mass is 220 g/mol. The molecule has 1 aromatic rings. The van der Waals surface area contributed by atoms with Crippen LogP contribution in [0.15, 0.2) is 18.3 Å². The van der Waals surface area contributed by atoms with Crippen molar-refractivity contribution in [2.75, 3.05) is 7.11 Å². The summed E-state index contributed by atoms with van der Waals surface area (Å²) in [6, 6.07) is 4.69. The van der Waals surface area contributed by atoms with Crippen molar-refractivity contribution in [1.29, 1.82) is 0 Å². The average molecular weight is 220 g/mol. The summed E-state index contributed by atoms with van der Waals surface area (Å²) in [4.78, 5) is 4.29. The van der Waals surface area contributed by atoms with Gasteiger partial charge in [0.15, 0.2) is 0 Å². The molecule has 1 fully saturated rings. The highest BCUT2D eigenvalue weighted by atomic mass is 16.5. The highest BCUT2D eigenvalue weighted by Gasteiger charge is 2.26. The van der Waals surface area contributed by atoms with E-state index >= 15 is 0 Å². The van der Waals surface area contributed by atoms with Crippen LogP contribution >= 0.6 is 0 Å². The summed E-state index contributed by atoms with van der Waals surface area (Å²) in [7, 11) is 1.80. The number of pyridine rings is 1. The second-order valence-electron chi connectivity index (χ2n) is 4.50. The van der Waals surface area contributed by atoms with Crippen LogP contribution < -0.4 is 5.32 Å². The summed E-state index contributed by atoms with van der Waals surface area (Å²) in [6.45, 7) is 2.90. The lowest BCUT2D eigenvalue weighted by molar-refractivity contribution is 0.0847. The van der Waals surface area contributed by atoms with Crippen molar-refractivity contribution in [3.05, 3.63) is 29.6 Å². The van der Waals surface area contributed by atoms with Gasteiger partial charge in [-0.1, -0.05) is 6.07 Å². The quantitative estimate of drug-likeness (QED) is 0.843. The molecule has 1 aliphatic carbocycles. The van der Waals surface area contributed by atoms with Crippen LogP contribution in [0.5, 0.6) is 0 Å². The minimum atomic E-state index is 0.387. The number of ether oxygens (including phenoxy) is 1. The maximum Gasteiger partial charge on any atom is 0.0724 e. The third kappa shape index (κ3) is 2.80. The Morgan fingerprint density at radius 2 is 2.31 bits per heavy atom. The van der Waals surface area contributed by atoms with E-state index in [1.165, 1.54) is 24.8 Å². The molecule has 3 nitrogen and oxygen atoms in total. The molecule has 0 spiro atoms. The van der Waals surface area contributed by atoms with Gasteiger partial charge in [0.1, 0.15) is 0 Å². The van der Waals surface area contributed by atoms with E-state index in [2.05, 4.69) is 22.4 Å². The Balaban J connectivity index is 1.85. The van der Waals surface area contributed by atoms with Gasteiger partial charge in [-0.15, -0.1) is 0 Å². The van der Waals surface area contributed by atoms with Gasteiger partial charge in [-0.2, -0.15) is 0 Å². The predicted molar refractivity (Wildman–Crippen MR) is 64.2 cm³/mol. The fraction of sp³-hybridized carbons (Fsp3) is 0.615. The first-order chi connectivity index (χ1) is 7.79. The van der Waals surface area contributed by atoms with Crippen molar-refractivity contribution in [2.45, 2.75) is 44.9 Å². The van der Waals surface area contributed by atoms with Crippen molar-refractivity contribution in [3.8, 4) is 0 Å². The van der Waals surface area contributed by atoms with Crippen LogP contribution in [0.1, 0.15) is 30.5 Å². The Bertz CT molecular complexity index is 323. The van der Waals surface area contributed by atoms with E-state index in [-0.39, 0.29) is 0 Å². The zero-order valence-corrected chi connectivity index (χ0v) is 10.1. The van der Waals surface area contributed by atoms with E-state index in [0.717, 1.165) is 12.2 Å². The Kier molecular flexibility index (Phi) is 3.91. The van der Waals surface area contributed by atoms with Crippen molar-refractivity contribution in [2.24, 2.45) is 0 Å². The largest absolute Gasteiger partial charge is 0.380 e. The molecule has 2 rings (SSSR count). The molecule has 0 saturated heterocycles. The number of hydrogen-bond acceptors (Lipinski definition) is 3. The summed E-state index contributed by atoms with van der Waals surface area (Å²) in [5.74, 6) is 0. The SMILES string of the molecule is COC1CCCC1NCc1ccc(C)nc1. The van der Waals surface area contributed by atoms with Gasteiger partial charge in [-0.25, -0.2) is 0 Å². The van der Waals surface area contributed by atoms with Crippen molar-refractivity contribution in [1.82, 2.24) is 10.3 Å². The first-order valence-corrected chi connectivity index (χ1v) is 5.97. The molecule has 1 N–H and O–H groups in total. The van der Waals surface area contributed by atoms with E-state index in [0.29, 0.717) is 12.1 Å². The molecule has 1 aromatic heterocycles. The minimum absolute atomic E-state index is 0.387. The Morgan fingerprint density at radius 3 is 3.00 bits per heavy atom. The number of methoxy groups -OCH3 is 1. The van der Waals surface area contributed by atoms with E-state index in [1.807, 2.05) is 13.1 Å². The summed E-state index contributed by atoms with van der Waals surface area (Å²) >= 11 is 0. The topological polar surface area (TPSA) is 34.1 Å². The van der Waals surface area contributed by atoms with E-state index in [1.54, 1.807) is 7.11 Å². The summed E-state index contributed by atoms with van der Waals surface area (Å²) < 4.78 is 5.45. The van der Waals surface area contributed by atoms with Gasteiger partial charge < -0.3 is 10.1 Å². The summed E-state index contributed by atoms with van der Waals surface area (Å²) in [5.41, 5.74) is 2.31. The molecule has 0 amide bonds. The zero-order valence-electron chi connectivity index (χ0n) is 10.1. The molecule has 0 radical (unpaired) electrons. The molecule has 0 bridgehead atoms. The van der Waals surface area contributed by atoms with Gasteiger partial charge in [0.2, 0.25) is 0 Å². The van der Waals surface area contributed by atoms with Crippen molar-refractivity contribution < 1.29 is 4.74 Å². The van der Waals surface area contributed by atoms with E-state index < -0.39 is 0 Å². The van der Waals surface area contributed by atoms with Crippen LogP contribution in [-0.4, -0.2) is 24.2 Å². The molecule has 88 valence electrons. The zero-order chi connectivity index (χ0) is 11.4. The van der Waals surface area contributed by atoms with Gasteiger partial charge in [0, 0.05) is 31.6 Å². The first kappa shape index (κ1) is 11.6. The van der Waals surface area contributed by atoms with Gasteiger partial charge in [0.25, 0.3) is 0 Å². The van der Waals surface area contributed by atoms with Gasteiger partial charge >= 0.3 is 0 Å². The van der Waals surface area contributed by atoms with Crippen LogP contribution in [0.4, 0.5) is 0 Å². The Labute approximate surface area is 97.2 Å². The third-order valence-electron chi connectivity index (χ3n) is 3.30. The maximum absolute atomic E-state index is 5.45. The third-order valence-corrected chi connectivity index (χ3v) is 3.30. The summed E-state index contributed by atoms with van der Waals surface area (Å²) in [5, 5.41) is 3.55. The number of hydrogen-bond donors (Lipinski definition) is 1. The molecule has 0 aromatic carbocycles. The Hall–Kier alpha value is -0.930. The maximum atomic E-state index is 5.45. The lowest BCUT2D eigenvalue weighted by atomic mass is 10.2. The molecular weight excluding hydrogens is 200 g/mol. The first-order valence-electron chi connectivity index (χ1n) is 5.97. The lowest BCUT2D eigenvalue weighted by Gasteiger charge is -2.19. The average Bonchev–Trinajstić information content (AvgIpc) is 2.76. The lowest BCUT2D eigenvalue weighted by Crippen LogP contribution is -2.36. The molecule has 16 heavy (non-hydrogen) atoms. The number of nitrogens with zero attached hydrogens (tertiary/aromatic N) is 1. The van der Waals surface area contributed by atoms with Crippen LogP contribution in [0.2, 0.25) is 0 Å². The number of nitrogens with one attached hydrogen (secondary N) is 1. The van der Waals surface area contributed by atoms with Crippen LogP contribution in [0.3, 0.4) is 0 Å². The van der Waals surface area contributed by atoms with E-state index in [9.17, 15) is 0 Å². The molecule has 1 heterocycles. The fourth-order valence-corrected chi connectivity index (χ4v) is 2.29. The Morgan fingerprint density at radius 1 is 1.44 bits per heavy atom. The predicted octanol–water partition coefficient (Wildman–Crippen LogP) is 2.05. The fourth-order valence-electron chi connectivity index (χ4n) is 2.29. The van der Waals surface area contributed by atoms with Gasteiger partial charge in [-0.05, 0) is 37.8 Å². The standard InChI is InChI=1S/C13H20N2O/c1-10-6-7-11(8-14-10)9-15-12-4-3-5-13(12)16-2/h6-8,12-13,15H,3-5,9H2,1-2H3. The molecule has 0 aliphatic heterocycles. The molecule has 2 atom stereocenters. The van der Waals surface area contributed by atoms with Gasteiger partial charge in [0.05, 0.1) is 6.10 Å². The number of rotatable bonds is 4. The van der Waals surface area contributed by atoms with Gasteiger partial charge in [-0.3, -0.25) is 4.98 Å². The van der Waals surface area contributed by atoms with Crippen LogP contribution in [-0.2, 0) is 11.3 Å². The van der Waals surface area contributed by atoms with Crippen LogP contribution in [0, 0.1) is 6.92 Å².